The Labute approximate surface area is 180 Å². The first-order valence-corrected chi connectivity index (χ1v) is 10.0. The number of aromatic nitrogens is 3. The van der Waals surface area contributed by atoms with Crippen LogP contribution in [0.5, 0.6) is 0 Å². The summed E-state index contributed by atoms with van der Waals surface area (Å²) in [4.78, 5) is 17.6. The lowest BCUT2D eigenvalue weighted by atomic mass is 10.1. The van der Waals surface area contributed by atoms with Crippen LogP contribution in [0.2, 0.25) is 0 Å². The van der Waals surface area contributed by atoms with Crippen molar-refractivity contribution < 1.29 is 9.18 Å². The summed E-state index contributed by atoms with van der Waals surface area (Å²) >= 11 is 0. The highest BCUT2D eigenvalue weighted by Crippen LogP contribution is 2.26. The zero-order valence-corrected chi connectivity index (χ0v) is 17.9. The summed E-state index contributed by atoms with van der Waals surface area (Å²) in [6, 6.07) is 17.7. The standard InChI is InChI=1S/C25H23FN4O/c1-15-7-6-10-21(18(15)4)30-24(19-11-13-20(26)14-12-19)28-23(29-30)25(31)27-22-16(2)8-5-9-17(22)3/h5-14H,1-4H3,(H,27,31). The average molecular weight is 414 g/mol. The van der Waals surface area contributed by atoms with Crippen LogP contribution in [0.25, 0.3) is 17.1 Å². The lowest BCUT2D eigenvalue weighted by molar-refractivity contribution is 0.101. The van der Waals surface area contributed by atoms with Crippen LogP contribution in [0.1, 0.15) is 32.9 Å². The summed E-state index contributed by atoms with van der Waals surface area (Å²) in [7, 11) is 0. The Bertz CT molecular complexity index is 1260. The lowest BCUT2D eigenvalue weighted by Gasteiger charge is -2.11. The van der Waals surface area contributed by atoms with Crippen LogP contribution < -0.4 is 5.32 Å². The van der Waals surface area contributed by atoms with Gasteiger partial charge in [-0.05, 0) is 80.3 Å². The number of para-hydroxylation sites is 1. The van der Waals surface area contributed by atoms with Crippen LogP contribution in [0.3, 0.4) is 0 Å². The van der Waals surface area contributed by atoms with Crippen LogP contribution in [-0.4, -0.2) is 20.7 Å². The third kappa shape index (κ3) is 3.97. The van der Waals surface area contributed by atoms with Gasteiger partial charge in [0.25, 0.3) is 5.91 Å². The number of halogens is 1. The van der Waals surface area contributed by atoms with E-state index >= 15 is 0 Å². The number of benzene rings is 3. The molecule has 0 unspecified atom stereocenters. The second-order valence-corrected chi connectivity index (χ2v) is 7.62. The smallest absolute Gasteiger partial charge is 0.295 e. The van der Waals surface area contributed by atoms with Crippen LogP contribution in [0, 0.1) is 33.5 Å². The first-order valence-electron chi connectivity index (χ1n) is 10.0. The highest BCUT2D eigenvalue weighted by atomic mass is 19.1. The quantitative estimate of drug-likeness (QED) is 0.476. The molecule has 156 valence electrons. The van der Waals surface area contributed by atoms with Crippen molar-refractivity contribution in [1.82, 2.24) is 14.8 Å². The van der Waals surface area contributed by atoms with Gasteiger partial charge in [-0.15, -0.1) is 5.10 Å². The number of hydrogen-bond acceptors (Lipinski definition) is 3. The van der Waals surface area contributed by atoms with Crippen molar-refractivity contribution in [3.63, 3.8) is 0 Å². The van der Waals surface area contributed by atoms with Crippen LogP contribution in [0.4, 0.5) is 10.1 Å². The Morgan fingerprint density at radius 3 is 2.16 bits per heavy atom. The van der Waals surface area contributed by atoms with Gasteiger partial charge in [0.2, 0.25) is 5.82 Å². The number of nitrogens with one attached hydrogen (secondary N) is 1. The van der Waals surface area contributed by atoms with Gasteiger partial charge in [0.05, 0.1) is 5.69 Å². The van der Waals surface area contributed by atoms with Crippen molar-refractivity contribution in [2.75, 3.05) is 5.32 Å². The highest BCUT2D eigenvalue weighted by molar-refractivity contribution is 6.02. The molecule has 31 heavy (non-hydrogen) atoms. The maximum absolute atomic E-state index is 13.5. The molecule has 1 amide bonds. The second-order valence-electron chi connectivity index (χ2n) is 7.62. The number of carbonyl (C=O) groups excluding carboxylic acids is 1. The zero-order valence-electron chi connectivity index (χ0n) is 17.9. The van der Waals surface area contributed by atoms with E-state index in [4.69, 9.17) is 0 Å². The summed E-state index contributed by atoms with van der Waals surface area (Å²) < 4.78 is 15.1. The Morgan fingerprint density at radius 1 is 0.871 bits per heavy atom. The minimum absolute atomic E-state index is 0.0443. The van der Waals surface area contributed by atoms with E-state index in [0.717, 1.165) is 33.6 Å². The van der Waals surface area contributed by atoms with Crippen molar-refractivity contribution in [2.24, 2.45) is 0 Å². The fourth-order valence-corrected chi connectivity index (χ4v) is 3.51. The van der Waals surface area contributed by atoms with Crippen molar-refractivity contribution in [3.8, 4) is 17.1 Å². The Morgan fingerprint density at radius 2 is 1.48 bits per heavy atom. The Hall–Kier alpha value is -3.80. The topological polar surface area (TPSA) is 59.8 Å². The molecule has 5 nitrogen and oxygen atoms in total. The molecule has 1 heterocycles. The number of hydrogen-bond donors (Lipinski definition) is 1. The number of anilines is 1. The minimum Gasteiger partial charge on any atom is -0.319 e. The van der Waals surface area contributed by atoms with Gasteiger partial charge in [0.15, 0.2) is 5.82 Å². The average Bonchev–Trinajstić information content (AvgIpc) is 3.18. The van der Waals surface area contributed by atoms with E-state index in [1.54, 1.807) is 16.8 Å². The van der Waals surface area contributed by atoms with E-state index in [-0.39, 0.29) is 11.6 Å². The number of carbonyl (C=O) groups is 1. The van der Waals surface area contributed by atoms with Gasteiger partial charge < -0.3 is 5.32 Å². The van der Waals surface area contributed by atoms with Crippen LogP contribution in [-0.2, 0) is 0 Å². The molecule has 0 aliphatic rings. The van der Waals surface area contributed by atoms with E-state index < -0.39 is 5.91 Å². The Balaban J connectivity index is 1.82. The fraction of sp³-hybridized carbons (Fsp3) is 0.160. The summed E-state index contributed by atoms with van der Waals surface area (Å²) in [5, 5.41) is 7.47. The van der Waals surface area contributed by atoms with Gasteiger partial charge in [0, 0.05) is 11.3 Å². The van der Waals surface area contributed by atoms with Gasteiger partial charge in [-0.25, -0.2) is 14.1 Å². The first kappa shape index (κ1) is 20.5. The molecule has 0 atom stereocenters. The maximum atomic E-state index is 13.5. The number of amides is 1. The molecule has 6 heteroatoms. The third-order valence-corrected chi connectivity index (χ3v) is 5.44. The van der Waals surface area contributed by atoms with Gasteiger partial charge in [-0.1, -0.05) is 30.3 Å². The largest absolute Gasteiger partial charge is 0.319 e. The molecule has 4 rings (SSSR count). The molecule has 0 bridgehead atoms. The molecule has 0 radical (unpaired) electrons. The van der Waals surface area contributed by atoms with Crippen LogP contribution in [0.15, 0.2) is 60.7 Å². The summed E-state index contributed by atoms with van der Waals surface area (Å²) in [5.41, 5.74) is 6.27. The monoisotopic (exact) mass is 414 g/mol. The van der Waals surface area contributed by atoms with E-state index in [1.165, 1.54) is 12.1 Å². The molecule has 1 N–H and O–H groups in total. The molecule has 0 saturated carbocycles. The van der Waals surface area contributed by atoms with Crippen molar-refractivity contribution >= 4 is 11.6 Å². The van der Waals surface area contributed by atoms with Crippen molar-refractivity contribution in [2.45, 2.75) is 27.7 Å². The summed E-state index contributed by atoms with van der Waals surface area (Å²) in [6.07, 6.45) is 0. The number of rotatable bonds is 4. The predicted molar refractivity (Wildman–Crippen MR) is 120 cm³/mol. The molecule has 0 saturated heterocycles. The summed E-state index contributed by atoms with van der Waals surface area (Å²) in [6.45, 7) is 7.89. The van der Waals surface area contributed by atoms with E-state index in [9.17, 15) is 9.18 Å². The maximum Gasteiger partial charge on any atom is 0.295 e. The number of nitrogens with zero attached hydrogens (tertiary/aromatic N) is 3. The third-order valence-electron chi connectivity index (χ3n) is 5.44. The molecule has 0 fully saturated rings. The normalized spacial score (nSPS) is 10.9. The number of aryl methyl sites for hydroxylation is 3. The molecule has 0 aliphatic carbocycles. The first-order chi connectivity index (χ1) is 14.8. The van der Waals surface area contributed by atoms with E-state index in [2.05, 4.69) is 15.4 Å². The predicted octanol–water partition coefficient (Wildman–Crippen LogP) is 5.56. The van der Waals surface area contributed by atoms with Crippen molar-refractivity contribution in [3.05, 3.63) is 94.6 Å². The highest BCUT2D eigenvalue weighted by Gasteiger charge is 2.21. The summed E-state index contributed by atoms with van der Waals surface area (Å²) in [5.74, 6) is -0.220. The lowest BCUT2D eigenvalue weighted by Crippen LogP contribution is -2.16. The van der Waals surface area contributed by atoms with Gasteiger partial charge in [-0.2, -0.15) is 0 Å². The molecule has 0 aliphatic heterocycles. The van der Waals surface area contributed by atoms with E-state index in [1.807, 2.05) is 64.1 Å². The van der Waals surface area contributed by atoms with Gasteiger partial charge in [0.1, 0.15) is 5.82 Å². The molecule has 3 aromatic carbocycles. The molecular weight excluding hydrogens is 391 g/mol. The molecule has 0 spiro atoms. The SMILES string of the molecule is Cc1cccc(-n2nc(C(=O)Nc3c(C)cccc3C)nc2-c2ccc(F)cc2)c1C. The Kier molecular flexibility index (Phi) is 5.38. The second kappa shape index (κ2) is 8.14. The van der Waals surface area contributed by atoms with Gasteiger partial charge in [-0.3, -0.25) is 4.79 Å². The minimum atomic E-state index is -0.398. The zero-order chi connectivity index (χ0) is 22.1. The molecular formula is C25H23FN4O. The molecule has 4 aromatic rings. The fourth-order valence-electron chi connectivity index (χ4n) is 3.51. The van der Waals surface area contributed by atoms with E-state index in [0.29, 0.717) is 11.4 Å². The molecule has 1 aromatic heterocycles. The van der Waals surface area contributed by atoms with Crippen molar-refractivity contribution in [1.29, 1.82) is 0 Å². The van der Waals surface area contributed by atoms with Gasteiger partial charge >= 0.3 is 0 Å². The van der Waals surface area contributed by atoms with Crippen LogP contribution >= 0.6 is 0 Å².